The Morgan fingerprint density at radius 1 is 1.15 bits per heavy atom. The molecule has 0 aliphatic carbocycles. The third-order valence-electron chi connectivity index (χ3n) is 3.69. The zero-order chi connectivity index (χ0) is 18.8. The maximum atomic E-state index is 5.93. The normalized spacial score (nSPS) is 11.3. The van der Waals surface area contributed by atoms with E-state index in [1.54, 1.807) is 20.4 Å². The van der Waals surface area contributed by atoms with Crippen molar-refractivity contribution in [2.45, 2.75) is 13.1 Å². The third kappa shape index (κ3) is 6.54. The lowest BCUT2D eigenvalue weighted by Gasteiger charge is -2.22. The second kappa shape index (κ2) is 10.6. The van der Waals surface area contributed by atoms with Crippen LogP contribution in [0.4, 0.5) is 0 Å². The van der Waals surface area contributed by atoms with Crippen molar-refractivity contribution in [1.82, 2.24) is 15.2 Å². The molecule has 0 saturated heterocycles. The minimum Gasteiger partial charge on any atom is -0.475 e. The monoisotopic (exact) mass is 376 g/mol. The van der Waals surface area contributed by atoms with Gasteiger partial charge in [0.15, 0.2) is 5.96 Å². The van der Waals surface area contributed by atoms with Gasteiger partial charge in [-0.05, 0) is 23.3 Å². The van der Waals surface area contributed by atoms with Crippen LogP contribution < -0.4 is 10.1 Å². The quantitative estimate of drug-likeness (QED) is 0.436. The van der Waals surface area contributed by atoms with Crippen molar-refractivity contribution in [1.29, 1.82) is 0 Å². The molecule has 2 rings (SSSR count). The van der Waals surface area contributed by atoms with E-state index in [1.165, 1.54) is 5.56 Å². The predicted octanol–water partition coefficient (Wildman–Crippen LogP) is 2.97. The van der Waals surface area contributed by atoms with Crippen LogP contribution in [-0.2, 0) is 17.8 Å². The number of benzene rings is 1. The summed E-state index contributed by atoms with van der Waals surface area (Å²) in [7, 11) is 5.41. The molecule has 0 amide bonds. The summed E-state index contributed by atoms with van der Waals surface area (Å²) in [5, 5.41) is 4.08. The third-order valence-corrected chi connectivity index (χ3v) is 3.94. The van der Waals surface area contributed by atoms with Gasteiger partial charge in [-0.1, -0.05) is 29.8 Å². The fourth-order valence-corrected chi connectivity index (χ4v) is 2.46. The van der Waals surface area contributed by atoms with E-state index in [-0.39, 0.29) is 0 Å². The van der Waals surface area contributed by atoms with Gasteiger partial charge < -0.3 is 19.7 Å². The van der Waals surface area contributed by atoms with Crippen LogP contribution in [0, 0.1) is 0 Å². The molecule has 0 aliphatic heterocycles. The molecule has 26 heavy (non-hydrogen) atoms. The van der Waals surface area contributed by atoms with Gasteiger partial charge in [-0.2, -0.15) is 0 Å². The first-order valence-corrected chi connectivity index (χ1v) is 8.73. The van der Waals surface area contributed by atoms with E-state index >= 15 is 0 Å². The van der Waals surface area contributed by atoms with Crippen LogP contribution in [0.2, 0.25) is 5.02 Å². The van der Waals surface area contributed by atoms with E-state index in [1.807, 2.05) is 43.4 Å². The van der Waals surface area contributed by atoms with Crippen LogP contribution in [-0.4, -0.2) is 50.3 Å². The molecular formula is C19H25ClN4O2. The number of hydrogen-bond donors (Lipinski definition) is 1. The molecule has 140 valence electrons. The van der Waals surface area contributed by atoms with E-state index < -0.39 is 0 Å². The molecule has 1 aromatic carbocycles. The first kappa shape index (κ1) is 20.0. The maximum Gasteiger partial charge on any atom is 0.213 e. The number of guanidine groups is 1. The largest absolute Gasteiger partial charge is 0.475 e. The Balaban J connectivity index is 1.84. The Morgan fingerprint density at radius 2 is 1.88 bits per heavy atom. The summed E-state index contributed by atoms with van der Waals surface area (Å²) in [5.41, 5.74) is 2.21. The number of nitrogens with zero attached hydrogens (tertiary/aromatic N) is 3. The molecule has 0 atom stereocenters. The molecule has 0 spiro atoms. The molecule has 2 aromatic rings. The van der Waals surface area contributed by atoms with E-state index in [2.05, 4.69) is 20.2 Å². The smallest absolute Gasteiger partial charge is 0.213 e. The first-order chi connectivity index (χ1) is 12.6. The Hall–Kier alpha value is -2.31. The Labute approximate surface area is 159 Å². The number of rotatable bonds is 8. The van der Waals surface area contributed by atoms with E-state index in [4.69, 9.17) is 21.1 Å². The number of nitrogens with one attached hydrogen (secondary N) is 1. The van der Waals surface area contributed by atoms with Crippen LogP contribution in [0.1, 0.15) is 11.1 Å². The van der Waals surface area contributed by atoms with Crippen molar-refractivity contribution in [2.24, 2.45) is 4.99 Å². The molecule has 6 nitrogen and oxygen atoms in total. The topological polar surface area (TPSA) is 59.0 Å². The molecular weight excluding hydrogens is 352 g/mol. The van der Waals surface area contributed by atoms with Crippen molar-refractivity contribution in [3.8, 4) is 5.88 Å². The molecule has 1 N–H and O–H groups in total. The lowest BCUT2D eigenvalue weighted by atomic mass is 10.2. The van der Waals surface area contributed by atoms with Crippen molar-refractivity contribution in [3.05, 3.63) is 58.7 Å². The van der Waals surface area contributed by atoms with Crippen molar-refractivity contribution >= 4 is 17.6 Å². The van der Waals surface area contributed by atoms with E-state index in [0.717, 1.165) is 23.1 Å². The molecule has 1 aromatic heterocycles. The van der Waals surface area contributed by atoms with E-state index in [0.29, 0.717) is 25.6 Å². The molecule has 1 heterocycles. The maximum absolute atomic E-state index is 5.93. The summed E-state index contributed by atoms with van der Waals surface area (Å²) in [6.07, 6.45) is 1.79. The van der Waals surface area contributed by atoms with E-state index in [9.17, 15) is 0 Å². The summed E-state index contributed by atoms with van der Waals surface area (Å²) in [6, 6.07) is 11.6. The lowest BCUT2D eigenvalue weighted by molar-refractivity contribution is 0.143. The number of aromatic nitrogens is 1. The summed E-state index contributed by atoms with van der Waals surface area (Å²) in [4.78, 5) is 10.7. The average Bonchev–Trinajstić information content (AvgIpc) is 2.65. The van der Waals surface area contributed by atoms with Crippen LogP contribution >= 0.6 is 11.6 Å². The highest BCUT2D eigenvalue weighted by atomic mass is 35.5. The number of ether oxygens (including phenoxy) is 2. The van der Waals surface area contributed by atoms with Gasteiger partial charge in [0, 0.05) is 51.6 Å². The highest BCUT2D eigenvalue weighted by Crippen LogP contribution is 2.11. The zero-order valence-electron chi connectivity index (χ0n) is 15.4. The fourth-order valence-electron chi connectivity index (χ4n) is 2.33. The molecule has 0 bridgehead atoms. The van der Waals surface area contributed by atoms with Crippen molar-refractivity contribution < 1.29 is 9.47 Å². The Morgan fingerprint density at radius 3 is 2.50 bits per heavy atom. The standard InChI is InChI=1S/C19H25ClN4O2/c1-21-19(24(2)14-15-4-7-17(20)8-5-15)23-13-16-6-9-18(22-12-16)26-11-10-25-3/h4-9,12H,10-11,13-14H2,1-3H3,(H,21,23). The summed E-state index contributed by atoms with van der Waals surface area (Å²) < 4.78 is 10.4. The van der Waals surface area contributed by atoms with Gasteiger partial charge in [0.2, 0.25) is 5.88 Å². The van der Waals surface area contributed by atoms with Crippen LogP contribution in [0.3, 0.4) is 0 Å². The predicted molar refractivity (Wildman–Crippen MR) is 105 cm³/mol. The number of pyridine rings is 1. The Kier molecular flexibility index (Phi) is 8.18. The summed E-state index contributed by atoms with van der Waals surface area (Å²) in [5.74, 6) is 1.40. The first-order valence-electron chi connectivity index (χ1n) is 8.35. The average molecular weight is 377 g/mol. The zero-order valence-corrected chi connectivity index (χ0v) is 16.2. The number of hydrogen-bond acceptors (Lipinski definition) is 4. The van der Waals surface area contributed by atoms with Crippen LogP contribution in [0.15, 0.2) is 47.6 Å². The molecule has 0 aliphatic rings. The van der Waals surface area contributed by atoms with Gasteiger partial charge in [0.05, 0.1) is 6.61 Å². The minimum atomic E-state index is 0.489. The molecule has 7 heteroatoms. The lowest BCUT2D eigenvalue weighted by Crippen LogP contribution is -2.38. The van der Waals surface area contributed by atoms with Gasteiger partial charge in [0.1, 0.15) is 6.61 Å². The number of halogens is 1. The minimum absolute atomic E-state index is 0.489. The Bertz CT molecular complexity index is 690. The highest BCUT2D eigenvalue weighted by molar-refractivity contribution is 6.30. The summed E-state index contributed by atoms with van der Waals surface area (Å²) in [6.45, 7) is 2.40. The van der Waals surface area contributed by atoms with Crippen molar-refractivity contribution in [2.75, 3.05) is 34.4 Å². The van der Waals surface area contributed by atoms with Crippen molar-refractivity contribution in [3.63, 3.8) is 0 Å². The second-order valence-corrected chi connectivity index (χ2v) is 6.17. The van der Waals surface area contributed by atoms with Gasteiger partial charge >= 0.3 is 0 Å². The SMILES string of the molecule is CN=C(NCc1ccc(OCCOC)nc1)N(C)Cc1ccc(Cl)cc1. The second-order valence-electron chi connectivity index (χ2n) is 5.73. The van der Waals surface area contributed by atoms with Gasteiger partial charge in [-0.25, -0.2) is 4.98 Å². The molecule has 0 unspecified atom stereocenters. The van der Waals surface area contributed by atoms with Gasteiger partial charge in [0.25, 0.3) is 0 Å². The molecule has 0 radical (unpaired) electrons. The summed E-state index contributed by atoms with van der Waals surface area (Å²) >= 11 is 5.93. The fraction of sp³-hybridized carbons (Fsp3) is 0.368. The number of aliphatic imine (C=N–C) groups is 1. The molecule has 0 saturated carbocycles. The van der Waals surface area contributed by atoms with Crippen LogP contribution in [0.5, 0.6) is 5.88 Å². The van der Waals surface area contributed by atoms with Gasteiger partial charge in [-0.3, -0.25) is 4.99 Å². The highest BCUT2D eigenvalue weighted by Gasteiger charge is 2.07. The molecule has 0 fully saturated rings. The van der Waals surface area contributed by atoms with Gasteiger partial charge in [-0.15, -0.1) is 0 Å². The number of methoxy groups -OCH3 is 1. The van der Waals surface area contributed by atoms with Crippen LogP contribution in [0.25, 0.3) is 0 Å².